The minimum absolute atomic E-state index is 0.0662. The largest absolute Gasteiger partial charge is 0.344 e. The molecule has 1 heterocycles. The van der Waals surface area contributed by atoms with Crippen molar-refractivity contribution in [2.45, 2.75) is 33.2 Å². The molecule has 20 heavy (non-hydrogen) atoms. The number of hydrogen-bond acceptors (Lipinski definition) is 2. The average Bonchev–Trinajstić information content (AvgIpc) is 2.47. The number of benzene rings is 1. The molecule has 0 bridgehead atoms. The van der Waals surface area contributed by atoms with Crippen LogP contribution in [0, 0.1) is 6.92 Å². The number of nitrogens with zero attached hydrogens (tertiary/aromatic N) is 1. The number of hydrogen-bond donors (Lipinski definition) is 1. The predicted octanol–water partition coefficient (Wildman–Crippen LogP) is 3.44. The molecule has 0 saturated heterocycles. The summed E-state index contributed by atoms with van der Waals surface area (Å²) in [7, 11) is 0. The molecule has 1 aromatic carbocycles. The second-order valence-corrected chi connectivity index (χ2v) is 4.95. The van der Waals surface area contributed by atoms with E-state index in [1.807, 2.05) is 56.3 Å². The highest BCUT2D eigenvalue weighted by molar-refractivity contribution is 5.94. The molecule has 0 aliphatic carbocycles. The maximum atomic E-state index is 12.2. The topological polar surface area (TPSA) is 42.0 Å². The highest BCUT2D eigenvalue weighted by Gasteiger charge is 2.12. The van der Waals surface area contributed by atoms with Gasteiger partial charge in [0.15, 0.2) is 0 Å². The van der Waals surface area contributed by atoms with Crippen molar-refractivity contribution in [2.24, 2.45) is 0 Å². The summed E-state index contributed by atoms with van der Waals surface area (Å²) in [6.07, 6.45) is 0.978. The minimum atomic E-state index is -0.103. The van der Waals surface area contributed by atoms with Gasteiger partial charge in [-0.3, -0.25) is 9.78 Å². The first-order valence-electron chi connectivity index (χ1n) is 6.93. The molecule has 2 aromatic rings. The van der Waals surface area contributed by atoms with Gasteiger partial charge in [-0.15, -0.1) is 0 Å². The van der Waals surface area contributed by atoms with E-state index in [4.69, 9.17) is 0 Å². The highest BCUT2D eigenvalue weighted by atomic mass is 16.1. The van der Waals surface area contributed by atoms with Crippen molar-refractivity contribution in [3.05, 3.63) is 65.0 Å². The van der Waals surface area contributed by atoms with Crippen LogP contribution in [0.15, 0.2) is 42.5 Å². The van der Waals surface area contributed by atoms with Crippen LogP contribution in [0.1, 0.15) is 47.2 Å². The van der Waals surface area contributed by atoms with Crippen molar-refractivity contribution in [3.8, 4) is 0 Å². The number of rotatable bonds is 4. The van der Waals surface area contributed by atoms with Crippen LogP contribution in [-0.2, 0) is 6.42 Å². The Morgan fingerprint density at radius 2 is 1.90 bits per heavy atom. The fourth-order valence-corrected chi connectivity index (χ4v) is 2.05. The summed E-state index contributed by atoms with van der Waals surface area (Å²) in [5, 5.41) is 2.98. The molecule has 1 N–H and O–H groups in total. The molecule has 0 aliphatic rings. The van der Waals surface area contributed by atoms with Gasteiger partial charge in [-0.2, -0.15) is 0 Å². The number of aryl methyl sites for hydroxylation is 2. The second-order valence-electron chi connectivity index (χ2n) is 4.95. The summed E-state index contributed by atoms with van der Waals surface area (Å²) in [6.45, 7) is 5.99. The Bertz CT molecular complexity index is 590. The molecule has 1 amide bonds. The lowest BCUT2D eigenvalue weighted by molar-refractivity contribution is 0.0939. The zero-order chi connectivity index (χ0) is 14.5. The standard InChI is InChI=1S/C17H20N2O/c1-4-14-8-10-15(11-9-14)17(20)19-13(3)16-7-5-6-12(2)18-16/h5-11,13H,4H2,1-3H3,(H,19,20). The van der Waals surface area contributed by atoms with Crippen LogP contribution in [0.2, 0.25) is 0 Å². The number of amides is 1. The minimum Gasteiger partial charge on any atom is -0.344 e. The summed E-state index contributed by atoms with van der Waals surface area (Å²) in [6, 6.07) is 13.4. The molecule has 3 nitrogen and oxygen atoms in total. The van der Waals surface area contributed by atoms with Gasteiger partial charge in [0, 0.05) is 11.3 Å². The lowest BCUT2D eigenvalue weighted by Crippen LogP contribution is -2.27. The maximum Gasteiger partial charge on any atom is 0.251 e. The number of pyridine rings is 1. The fraction of sp³-hybridized carbons (Fsp3) is 0.294. The third kappa shape index (κ3) is 3.44. The first kappa shape index (κ1) is 14.3. The highest BCUT2D eigenvalue weighted by Crippen LogP contribution is 2.12. The van der Waals surface area contributed by atoms with E-state index in [-0.39, 0.29) is 11.9 Å². The lowest BCUT2D eigenvalue weighted by atomic mass is 10.1. The van der Waals surface area contributed by atoms with Crippen LogP contribution in [0.4, 0.5) is 0 Å². The van der Waals surface area contributed by atoms with E-state index in [1.165, 1.54) is 5.56 Å². The zero-order valence-corrected chi connectivity index (χ0v) is 12.2. The van der Waals surface area contributed by atoms with E-state index < -0.39 is 0 Å². The number of carbonyl (C=O) groups excluding carboxylic acids is 1. The monoisotopic (exact) mass is 268 g/mol. The zero-order valence-electron chi connectivity index (χ0n) is 12.2. The van der Waals surface area contributed by atoms with Gasteiger partial charge in [-0.1, -0.05) is 25.1 Å². The van der Waals surface area contributed by atoms with Crippen molar-refractivity contribution in [1.29, 1.82) is 0 Å². The van der Waals surface area contributed by atoms with Crippen molar-refractivity contribution >= 4 is 5.91 Å². The normalized spacial score (nSPS) is 11.9. The maximum absolute atomic E-state index is 12.2. The SMILES string of the molecule is CCc1ccc(C(=O)NC(C)c2cccc(C)n2)cc1. The molecule has 0 spiro atoms. The second kappa shape index (κ2) is 6.33. The molecular formula is C17H20N2O. The van der Waals surface area contributed by atoms with Gasteiger partial charge < -0.3 is 5.32 Å². The van der Waals surface area contributed by atoms with Gasteiger partial charge in [0.25, 0.3) is 5.91 Å². The van der Waals surface area contributed by atoms with Crippen LogP contribution >= 0.6 is 0 Å². The Hall–Kier alpha value is -2.16. The molecular weight excluding hydrogens is 248 g/mol. The van der Waals surface area contributed by atoms with Crippen LogP contribution in [0.3, 0.4) is 0 Å². The van der Waals surface area contributed by atoms with Gasteiger partial charge in [0.2, 0.25) is 0 Å². The number of aromatic nitrogens is 1. The smallest absolute Gasteiger partial charge is 0.251 e. The molecule has 2 rings (SSSR count). The van der Waals surface area contributed by atoms with Gasteiger partial charge in [-0.05, 0) is 50.1 Å². The molecule has 1 unspecified atom stereocenters. The van der Waals surface area contributed by atoms with Gasteiger partial charge in [-0.25, -0.2) is 0 Å². The Kier molecular flexibility index (Phi) is 4.51. The molecule has 3 heteroatoms. The Morgan fingerprint density at radius 3 is 2.50 bits per heavy atom. The van der Waals surface area contributed by atoms with E-state index in [9.17, 15) is 4.79 Å². The number of nitrogens with one attached hydrogen (secondary N) is 1. The summed E-state index contributed by atoms with van der Waals surface area (Å²) in [4.78, 5) is 16.6. The summed E-state index contributed by atoms with van der Waals surface area (Å²) >= 11 is 0. The third-order valence-corrected chi connectivity index (χ3v) is 3.33. The Labute approximate surface area is 120 Å². The van der Waals surface area contributed by atoms with E-state index in [2.05, 4.69) is 17.2 Å². The first-order valence-corrected chi connectivity index (χ1v) is 6.93. The first-order chi connectivity index (χ1) is 9.60. The summed E-state index contributed by atoms with van der Waals surface area (Å²) in [5.41, 5.74) is 3.75. The molecule has 0 fully saturated rings. The Morgan fingerprint density at radius 1 is 1.20 bits per heavy atom. The van der Waals surface area contributed by atoms with Gasteiger partial charge in [0.05, 0.1) is 11.7 Å². The van der Waals surface area contributed by atoms with Gasteiger partial charge in [0.1, 0.15) is 0 Å². The van der Waals surface area contributed by atoms with E-state index in [0.29, 0.717) is 5.56 Å². The molecule has 0 saturated carbocycles. The Balaban J connectivity index is 2.06. The van der Waals surface area contributed by atoms with Crippen molar-refractivity contribution in [2.75, 3.05) is 0 Å². The summed E-state index contributed by atoms with van der Waals surface area (Å²) in [5.74, 6) is -0.0662. The van der Waals surface area contributed by atoms with Crippen LogP contribution in [0.5, 0.6) is 0 Å². The van der Waals surface area contributed by atoms with Crippen molar-refractivity contribution in [1.82, 2.24) is 10.3 Å². The van der Waals surface area contributed by atoms with E-state index in [0.717, 1.165) is 17.8 Å². The van der Waals surface area contributed by atoms with Gasteiger partial charge >= 0.3 is 0 Å². The molecule has 0 radical (unpaired) electrons. The quantitative estimate of drug-likeness (QED) is 0.923. The molecule has 0 aliphatic heterocycles. The average molecular weight is 268 g/mol. The lowest BCUT2D eigenvalue weighted by Gasteiger charge is -2.14. The molecule has 1 aromatic heterocycles. The summed E-state index contributed by atoms with van der Waals surface area (Å²) < 4.78 is 0. The van der Waals surface area contributed by atoms with Crippen LogP contribution < -0.4 is 5.32 Å². The van der Waals surface area contributed by atoms with E-state index >= 15 is 0 Å². The third-order valence-electron chi connectivity index (χ3n) is 3.33. The van der Waals surface area contributed by atoms with Crippen LogP contribution in [-0.4, -0.2) is 10.9 Å². The van der Waals surface area contributed by atoms with Crippen LogP contribution in [0.25, 0.3) is 0 Å². The van der Waals surface area contributed by atoms with Crippen molar-refractivity contribution in [3.63, 3.8) is 0 Å². The fourth-order valence-electron chi connectivity index (χ4n) is 2.05. The van der Waals surface area contributed by atoms with E-state index in [1.54, 1.807) is 0 Å². The molecule has 1 atom stereocenters. The van der Waals surface area contributed by atoms with Crippen molar-refractivity contribution < 1.29 is 4.79 Å². The molecule has 104 valence electrons. The predicted molar refractivity (Wildman–Crippen MR) is 80.7 cm³/mol. The number of carbonyl (C=O) groups is 1.